The number of nitrogens with two attached hydrogens (primary N) is 2. The Hall–Kier alpha value is -1.68. The number of rotatable bonds is 1. The standard InChI is InChI=1S/C14H19N3O/c15-11-8-10-4-5-14(17-6-2-1-3-7-17)18-13(10)9-12(11)16/h4-5,8-9,14H,1-3,6-7,15-16H2. The van der Waals surface area contributed by atoms with Crippen molar-refractivity contribution in [2.24, 2.45) is 0 Å². The van der Waals surface area contributed by atoms with Crippen molar-refractivity contribution in [1.82, 2.24) is 4.90 Å². The zero-order chi connectivity index (χ0) is 12.5. The van der Waals surface area contributed by atoms with E-state index in [-0.39, 0.29) is 6.23 Å². The Morgan fingerprint density at radius 1 is 1.06 bits per heavy atom. The largest absolute Gasteiger partial charge is 0.471 e. The first-order valence-electron chi connectivity index (χ1n) is 6.52. The SMILES string of the molecule is Nc1cc2c(cc1N)OC(N1CCCCC1)C=C2. The Labute approximate surface area is 107 Å². The molecule has 96 valence electrons. The molecule has 1 fully saturated rings. The highest BCUT2D eigenvalue weighted by atomic mass is 16.5. The molecule has 1 saturated heterocycles. The predicted molar refractivity (Wildman–Crippen MR) is 74.1 cm³/mol. The summed E-state index contributed by atoms with van der Waals surface area (Å²) in [6.07, 6.45) is 8.06. The van der Waals surface area contributed by atoms with Crippen molar-refractivity contribution in [3.63, 3.8) is 0 Å². The van der Waals surface area contributed by atoms with Gasteiger partial charge in [0.15, 0.2) is 6.23 Å². The lowest BCUT2D eigenvalue weighted by molar-refractivity contribution is 0.0459. The van der Waals surface area contributed by atoms with Crippen LogP contribution in [0.5, 0.6) is 5.75 Å². The number of nitrogens with zero attached hydrogens (tertiary/aromatic N) is 1. The zero-order valence-electron chi connectivity index (χ0n) is 10.4. The third-order valence-electron chi connectivity index (χ3n) is 3.65. The van der Waals surface area contributed by atoms with Crippen molar-refractivity contribution in [3.05, 3.63) is 23.8 Å². The fraction of sp³-hybridized carbons (Fsp3) is 0.429. The maximum absolute atomic E-state index is 6.01. The first-order valence-corrected chi connectivity index (χ1v) is 6.52. The van der Waals surface area contributed by atoms with Gasteiger partial charge in [0.05, 0.1) is 11.4 Å². The number of likely N-dealkylation sites (tertiary alicyclic amines) is 1. The van der Waals surface area contributed by atoms with Crippen LogP contribution in [0.3, 0.4) is 0 Å². The number of benzene rings is 1. The van der Waals surface area contributed by atoms with Crippen molar-refractivity contribution in [3.8, 4) is 5.75 Å². The van der Waals surface area contributed by atoms with Gasteiger partial charge in [0.2, 0.25) is 0 Å². The Balaban J connectivity index is 1.82. The van der Waals surface area contributed by atoms with E-state index in [2.05, 4.69) is 17.1 Å². The highest BCUT2D eigenvalue weighted by Gasteiger charge is 2.23. The molecular weight excluding hydrogens is 226 g/mol. The van der Waals surface area contributed by atoms with Crippen LogP contribution in [0.4, 0.5) is 11.4 Å². The fourth-order valence-corrected chi connectivity index (χ4v) is 2.59. The van der Waals surface area contributed by atoms with Crippen LogP contribution in [0.25, 0.3) is 6.08 Å². The average molecular weight is 245 g/mol. The second kappa shape index (κ2) is 4.53. The van der Waals surface area contributed by atoms with Gasteiger partial charge < -0.3 is 16.2 Å². The number of nitrogen functional groups attached to an aromatic ring is 2. The summed E-state index contributed by atoms with van der Waals surface area (Å²) >= 11 is 0. The van der Waals surface area contributed by atoms with E-state index in [4.69, 9.17) is 16.2 Å². The fourth-order valence-electron chi connectivity index (χ4n) is 2.59. The van der Waals surface area contributed by atoms with Crippen LogP contribution >= 0.6 is 0 Å². The molecule has 1 aromatic carbocycles. The Bertz CT molecular complexity index is 478. The van der Waals surface area contributed by atoms with E-state index in [0.29, 0.717) is 11.4 Å². The number of ether oxygens (including phenoxy) is 1. The molecule has 4 N–H and O–H groups in total. The maximum atomic E-state index is 6.01. The minimum atomic E-state index is 0.0424. The molecule has 2 aliphatic rings. The predicted octanol–water partition coefficient (Wildman–Crippen LogP) is 2.07. The molecule has 0 radical (unpaired) electrons. The number of hydrogen-bond acceptors (Lipinski definition) is 4. The molecule has 0 spiro atoms. The van der Waals surface area contributed by atoms with Crippen molar-refractivity contribution >= 4 is 17.5 Å². The lowest BCUT2D eigenvalue weighted by Gasteiger charge is -2.34. The van der Waals surface area contributed by atoms with Crippen LogP contribution in [-0.4, -0.2) is 24.2 Å². The topological polar surface area (TPSA) is 64.5 Å². The Morgan fingerprint density at radius 2 is 1.78 bits per heavy atom. The third kappa shape index (κ3) is 2.04. The number of anilines is 2. The molecule has 0 bridgehead atoms. The van der Waals surface area contributed by atoms with Gasteiger partial charge in [-0.25, -0.2) is 0 Å². The van der Waals surface area contributed by atoms with Crippen molar-refractivity contribution in [1.29, 1.82) is 0 Å². The molecule has 1 atom stereocenters. The average Bonchev–Trinajstić information content (AvgIpc) is 2.41. The number of piperidine rings is 1. The van der Waals surface area contributed by atoms with Crippen molar-refractivity contribution < 1.29 is 4.74 Å². The molecular formula is C14H19N3O. The van der Waals surface area contributed by atoms with Crippen LogP contribution in [0.2, 0.25) is 0 Å². The second-order valence-corrected chi connectivity index (χ2v) is 4.98. The van der Waals surface area contributed by atoms with E-state index in [0.717, 1.165) is 24.4 Å². The summed E-state index contributed by atoms with van der Waals surface area (Å²) in [6, 6.07) is 3.69. The molecule has 3 rings (SSSR count). The van der Waals surface area contributed by atoms with Crippen LogP contribution in [0.1, 0.15) is 24.8 Å². The maximum Gasteiger partial charge on any atom is 0.172 e. The van der Waals surface area contributed by atoms with Crippen LogP contribution in [0.15, 0.2) is 18.2 Å². The van der Waals surface area contributed by atoms with Gasteiger partial charge in [-0.15, -0.1) is 0 Å². The van der Waals surface area contributed by atoms with Gasteiger partial charge in [0.1, 0.15) is 5.75 Å². The van der Waals surface area contributed by atoms with E-state index < -0.39 is 0 Å². The van der Waals surface area contributed by atoms with Gasteiger partial charge in [0.25, 0.3) is 0 Å². The summed E-state index contributed by atoms with van der Waals surface area (Å²) in [5.74, 6) is 0.833. The molecule has 0 aromatic heterocycles. The first kappa shape index (κ1) is 11.4. The summed E-state index contributed by atoms with van der Waals surface area (Å²) in [4.78, 5) is 2.37. The molecule has 1 aromatic rings. The monoisotopic (exact) mass is 245 g/mol. The molecule has 1 unspecified atom stereocenters. The third-order valence-corrected chi connectivity index (χ3v) is 3.65. The summed E-state index contributed by atoms with van der Waals surface area (Å²) in [5.41, 5.74) is 13.8. The minimum Gasteiger partial charge on any atom is -0.471 e. The minimum absolute atomic E-state index is 0.0424. The summed E-state index contributed by atoms with van der Waals surface area (Å²) < 4.78 is 6.01. The van der Waals surface area contributed by atoms with Gasteiger partial charge in [-0.2, -0.15) is 0 Å². The highest BCUT2D eigenvalue weighted by Crippen LogP contribution is 2.33. The van der Waals surface area contributed by atoms with Crippen LogP contribution in [0, 0.1) is 0 Å². The zero-order valence-corrected chi connectivity index (χ0v) is 10.4. The highest BCUT2D eigenvalue weighted by molar-refractivity contribution is 5.74. The normalized spacial score (nSPS) is 23.4. The molecule has 18 heavy (non-hydrogen) atoms. The quantitative estimate of drug-likeness (QED) is 0.743. The molecule has 4 heteroatoms. The van der Waals surface area contributed by atoms with E-state index in [1.807, 2.05) is 12.1 Å². The smallest absolute Gasteiger partial charge is 0.172 e. The van der Waals surface area contributed by atoms with Crippen LogP contribution < -0.4 is 16.2 Å². The molecule has 0 amide bonds. The first-order chi connectivity index (χ1) is 8.74. The van der Waals surface area contributed by atoms with E-state index in [1.165, 1.54) is 19.3 Å². The van der Waals surface area contributed by atoms with Crippen molar-refractivity contribution in [2.45, 2.75) is 25.5 Å². The van der Waals surface area contributed by atoms with Crippen LogP contribution in [-0.2, 0) is 0 Å². The summed E-state index contributed by atoms with van der Waals surface area (Å²) in [6.45, 7) is 2.21. The number of fused-ring (bicyclic) bond motifs is 1. The molecule has 0 aliphatic carbocycles. The second-order valence-electron chi connectivity index (χ2n) is 4.98. The molecule has 0 saturated carbocycles. The lowest BCUT2D eigenvalue weighted by atomic mass is 10.1. The van der Waals surface area contributed by atoms with E-state index >= 15 is 0 Å². The van der Waals surface area contributed by atoms with Crippen molar-refractivity contribution in [2.75, 3.05) is 24.6 Å². The lowest BCUT2D eigenvalue weighted by Crippen LogP contribution is -2.42. The van der Waals surface area contributed by atoms with Gasteiger partial charge in [-0.3, -0.25) is 4.90 Å². The van der Waals surface area contributed by atoms with Gasteiger partial charge >= 0.3 is 0 Å². The molecule has 2 heterocycles. The van der Waals surface area contributed by atoms with E-state index in [9.17, 15) is 0 Å². The molecule has 2 aliphatic heterocycles. The van der Waals surface area contributed by atoms with E-state index in [1.54, 1.807) is 0 Å². The van der Waals surface area contributed by atoms with Gasteiger partial charge in [-0.1, -0.05) is 12.5 Å². The number of hydrogen-bond donors (Lipinski definition) is 2. The summed E-state index contributed by atoms with van der Waals surface area (Å²) in [7, 11) is 0. The summed E-state index contributed by atoms with van der Waals surface area (Å²) in [5, 5.41) is 0. The van der Waals surface area contributed by atoms with Gasteiger partial charge in [0, 0.05) is 24.7 Å². The Kier molecular flexibility index (Phi) is 2.88. The Morgan fingerprint density at radius 3 is 2.56 bits per heavy atom. The van der Waals surface area contributed by atoms with Gasteiger partial charge in [-0.05, 0) is 25.0 Å². The molecule has 4 nitrogen and oxygen atoms in total.